The van der Waals surface area contributed by atoms with Gasteiger partial charge in [0.25, 0.3) is 0 Å². The van der Waals surface area contributed by atoms with Crippen LogP contribution in [-0.2, 0) is 14.6 Å². The highest BCUT2D eigenvalue weighted by atomic mass is 32.2. The smallest absolute Gasteiger partial charge is 0.407 e. The number of amides is 1. The van der Waals surface area contributed by atoms with E-state index in [0.717, 1.165) is 0 Å². The number of sulfone groups is 1. The van der Waals surface area contributed by atoms with E-state index in [1.807, 2.05) is 0 Å². The molecule has 2 aliphatic rings. The van der Waals surface area contributed by atoms with Crippen LogP contribution in [0, 0.1) is 11.8 Å². The van der Waals surface area contributed by atoms with Crippen molar-refractivity contribution in [2.75, 3.05) is 24.6 Å². The van der Waals surface area contributed by atoms with E-state index in [4.69, 9.17) is 4.74 Å². The van der Waals surface area contributed by atoms with Crippen LogP contribution in [0.3, 0.4) is 0 Å². The summed E-state index contributed by atoms with van der Waals surface area (Å²) < 4.78 is 28.7. The number of nitrogens with one attached hydrogen (secondary N) is 2. The number of hydrogen-bond donors (Lipinski definition) is 2. The number of alkyl carbamates (subject to hydrolysis) is 1. The van der Waals surface area contributed by atoms with Gasteiger partial charge in [-0.3, -0.25) is 0 Å². The summed E-state index contributed by atoms with van der Waals surface area (Å²) in [5.74, 6) is 0.142. The Kier molecular flexibility index (Phi) is 3.79. The van der Waals surface area contributed by atoms with Gasteiger partial charge in [-0.1, -0.05) is 0 Å². The molecule has 0 saturated carbocycles. The number of carbonyl (C=O) groups is 1. The molecular formula is C12H22N2O4S. The van der Waals surface area contributed by atoms with Gasteiger partial charge < -0.3 is 15.4 Å². The number of carbonyl (C=O) groups excluding carboxylic acids is 1. The number of piperidine rings is 1. The zero-order valence-corrected chi connectivity index (χ0v) is 12.4. The maximum absolute atomic E-state index is 11.8. The van der Waals surface area contributed by atoms with Gasteiger partial charge in [0.05, 0.1) is 11.5 Å². The van der Waals surface area contributed by atoms with Gasteiger partial charge in [-0.15, -0.1) is 0 Å². The minimum absolute atomic E-state index is 0.0648. The molecule has 7 heteroatoms. The molecule has 0 spiro atoms. The molecule has 2 bridgehead atoms. The molecule has 1 amide bonds. The first-order chi connectivity index (χ1) is 8.66. The SMILES string of the molecule is CC(C)(C)OC(=O)NC1[C@H]2CNC[C@H]1CS(=O)(=O)C2. The zero-order valence-electron chi connectivity index (χ0n) is 11.6. The van der Waals surface area contributed by atoms with Crippen LogP contribution in [0.4, 0.5) is 4.79 Å². The molecule has 0 radical (unpaired) electrons. The van der Waals surface area contributed by atoms with Gasteiger partial charge in [-0.05, 0) is 20.8 Å². The molecule has 2 fully saturated rings. The van der Waals surface area contributed by atoms with E-state index >= 15 is 0 Å². The van der Waals surface area contributed by atoms with E-state index in [0.29, 0.717) is 13.1 Å². The number of rotatable bonds is 1. The largest absolute Gasteiger partial charge is 0.444 e. The number of ether oxygens (including phenoxy) is 1. The van der Waals surface area contributed by atoms with Crippen LogP contribution < -0.4 is 10.6 Å². The fourth-order valence-electron chi connectivity index (χ4n) is 2.82. The summed E-state index contributed by atoms with van der Waals surface area (Å²) in [6.45, 7) is 6.66. The first-order valence-electron chi connectivity index (χ1n) is 6.57. The molecule has 2 N–H and O–H groups in total. The Labute approximate surface area is 114 Å². The maximum Gasteiger partial charge on any atom is 0.407 e. The zero-order chi connectivity index (χ0) is 14.3. The van der Waals surface area contributed by atoms with Crippen molar-refractivity contribution in [3.63, 3.8) is 0 Å². The lowest BCUT2D eigenvalue weighted by molar-refractivity contribution is 0.0448. The van der Waals surface area contributed by atoms with E-state index in [-0.39, 0.29) is 29.4 Å². The van der Waals surface area contributed by atoms with Crippen LogP contribution in [0.5, 0.6) is 0 Å². The predicted octanol–water partition coefficient (Wildman–Crippen LogP) is 0.144. The molecule has 19 heavy (non-hydrogen) atoms. The van der Waals surface area contributed by atoms with Crippen molar-refractivity contribution in [1.82, 2.24) is 10.6 Å². The number of hydrogen-bond acceptors (Lipinski definition) is 5. The molecule has 2 heterocycles. The minimum Gasteiger partial charge on any atom is -0.444 e. The van der Waals surface area contributed by atoms with Gasteiger partial charge in [0, 0.05) is 31.0 Å². The van der Waals surface area contributed by atoms with Gasteiger partial charge in [-0.25, -0.2) is 13.2 Å². The number of fused-ring (bicyclic) bond motifs is 2. The van der Waals surface area contributed by atoms with Crippen LogP contribution in [0.15, 0.2) is 0 Å². The molecule has 2 atom stereocenters. The molecule has 0 aliphatic carbocycles. The van der Waals surface area contributed by atoms with Crippen LogP contribution in [0.2, 0.25) is 0 Å². The summed E-state index contributed by atoms with van der Waals surface area (Å²) in [5.41, 5.74) is -0.543. The van der Waals surface area contributed by atoms with Crippen molar-refractivity contribution in [3.8, 4) is 0 Å². The second-order valence-electron chi connectivity index (χ2n) is 6.43. The monoisotopic (exact) mass is 290 g/mol. The highest BCUT2D eigenvalue weighted by Crippen LogP contribution is 2.27. The lowest BCUT2D eigenvalue weighted by Gasteiger charge is -2.42. The molecule has 0 aromatic rings. The summed E-state index contributed by atoms with van der Waals surface area (Å²) in [5, 5.41) is 6.07. The average molecular weight is 290 g/mol. The van der Waals surface area contributed by atoms with Crippen LogP contribution in [0.1, 0.15) is 20.8 Å². The van der Waals surface area contributed by atoms with Crippen molar-refractivity contribution in [1.29, 1.82) is 0 Å². The predicted molar refractivity (Wildman–Crippen MR) is 71.7 cm³/mol. The summed E-state index contributed by atoms with van der Waals surface area (Å²) in [6, 6.07) is -0.111. The molecule has 110 valence electrons. The van der Waals surface area contributed by atoms with Gasteiger partial charge in [0.1, 0.15) is 5.60 Å². The summed E-state index contributed by atoms with van der Waals surface area (Å²) >= 11 is 0. The van der Waals surface area contributed by atoms with Crippen molar-refractivity contribution in [3.05, 3.63) is 0 Å². The Bertz CT molecular complexity index is 435. The third-order valence-electron chi connectivity index (χ3n) is 3.45. The third-order valence-corrected chi connectivity index (χ3v) is 5.32. The average Bonchev–Trinajstić information content (AvgIpc) is 2.16. The lowest BCUT2D eigenvalue weighted by Crippen LogP contribution is -2.62. The quantitative estimate of drug-likeness (QED) is 0.718. The minimum atomic E-state index is -2.98. The topological polar surface area (TPSA) is 84.5 Å². The van der Waals surface area contributed by atoms with Crippen LogP contribution in [0.25, 0.3) is 0 Å². The lowest BCUT2D eigenvalue weighted by atomic mass is 9.86. The Morgan fingerprint density at radius 3 is 2.21 bits per heavy atom. The Morgan fingerprint density at radius 1 is 1.21 bits per heavy atom. The van der Waals surface area contributed by atoms with Crippen molar-refractivity contribution in [2.45, 2.75) is 32.4 Å². The maximum atomic E-state index is 11.8. The Morgan fingerprint density at radius 2 is 1.74 bits per heavy atom. The second kappa shape index (κ2) is 4.94. The third kappa shape index (κ3) is 3.82. The standard InChI is InChI=1S/C12H22N2O4S/c1-12(2,3)18-11(15)14-10-8-4-13-5-9(10)7-19(16,17)6-8/h8-10,13H,4-7H2,1-3H3,(H,14,15)/t8-,9-/m0/s1. The van der Waals surface area contributed by atoms with Crippen LogP contribution in [-0.4, -0.2) is 50.7 Å². The molecule has 0 unspecified atom stereocenters. The highest BCUT2D eigenvalue weighted by molar-refractivity contribution is 7.91. The first kappa shape index (κ1) is 14.6. The summed E-state index contributed by atoms with van der Waals surface area (Å²) in [4.78, 5) is 11.8. The normalized spacial score (nSPS) is 33.5. The fourth-order valence-corrected chi connectivity index (χ4v) is 4.91. The molecule has 2 saturated heterocycles. The molecule has 2 rings (SSSR count). The fraction of sp³-hybridized carbons (Fsp3) is 0.917. The molecule has 0 aromatic heterocycles. The van der Waals surface area contributed by atoms with Gasteiger partial charge in [0.15, 0.2) is 9.84 Å². The van der Waals surface area contributed by atoms with Gasteiger partial charge >= 0.3 is 6.09 Å². The molecule has 2 aliphatic heterocycles. The van der Waals surface area contributed by atoms with Crippen LogP contribution >= 0.6 is 0 Å². The van der Waals surface area contributed by atoms with Gasteiger partial charge in [-0.2, -0.15) is 0 Å². The Hall–Kier alpha value is -0.820. The van der Waals surface area contributed by atoms with E-state index < -0.39 is 21.5 Å². The highest BCUT2D eigenvalue weighted by Gasteiger charge is 2.43. The Balaban J connectivity index is 2.03. The van der Waals surface area contributed by atoms with E-state index in [2.05, 4.69) is 10.6 Å². The molecular weight excluding hydrogens is 268 g/mol. The summed E-state index contributed by atoms with van der Waals surface area (Å²) in [6.07, 6.45) is -0.464. The van der Waals surface area contributed by atoms with E-state index in [9.17, 15) is 13.2 Å². The van der Waals surface area contributed by atoms with E-state index in [1.54, 1.807) is 20.8 Å². The van der Waals surface area contributed by atoms with E-state index in [1.165, 1.54) is 0 Å². The second-order valence-corrected chi connectivity index (χ2v) is 8.58. The molecule has 6 nitrogen and oxygen atoms in total. The van der Waals surface area contributed by atoms with Crippen molar-refractivity contribution in [2.24, 2.45) is 11.8 Å². The van der Waals surface area contributed by atoms with Crippen molar-refractivity contribution >= 4 is 15.9 Å². The molecule has 0 aromatic carbocycles. The summed E-state index contributed by atoms with van der Waals surface area (Å²) in [7, 11) is -2.98. The van der Waals surface area contributed by atoms with Gasteiger partial charge in [0.2, 0.25) is 0 Å². The van der Waals surface area contributed by atoms with Crippen molar-refractivity contribution < 1.29 is 17.9 Å². The first-order valence-corrected chi connectivity index (χ1v) is 8.39.